The molecule has 1 amide bonds. The van der Waals surface area contributed by atoms with Crippen LogP contribution in [0.15, 0.2) is 0 Å². The molecule has 1 aliphatic heterocycles. The highest BCUT2D eigenvalue weighted by molar-refractivity contribution is 5.85. The fraction of sp³-hybridized carbons (Fsp3) is 0.889. The quantitative estimate of drug-likeness (QED) is 0.758. The lowest BCUT2D eigenvalue weighted by atomic mass is 9.75. The summed E-state index contributed by atoms with van der Waals surface area (Å²) in [6.07, 6.45) is 10.9. The van der Waals surface area contributed by atoms with Gasteiger partial charge in [-0.25, -0.2) is 0 Å². The lowest BCUT2D eigenvalue weighted by Crippen LogP contribution is -2.48. The van der Waals surface area contributed by atoms with Crippen molar-refractivity contribution in [1.29, 1.82) is 5.26 Å². The van der Waals surface area contributed by atoms with Crippen LogP contribution in [0.25, 0.3) is 0 Å². The van der Waals surface area contributed by atoms with E-state index in [9.17, 15) is 10.1 Å². The van der Waals surface area contributed by atoms with Crippen molar-refractivity contribution in [2.75, 3.05) is 13.1 Å². The van der Waals surface area contributed by atoms with Crippen LogP contribution in [0.5, 0.6) is 0 Å². The summed E-state index contributed by atoms with van der Waals surface area (Å²) >= 11 is 0. The Bertz CT molecular complexity index is 388. The van der Waals surface area contributed by atoms with E-state index in [4.69, 9.17) is 0 Å². The molecule has 3 nitrogen and oxygen atoms in total. The number of carbonyl (C=O) groups excluding carboxylic acids is 1. The van der Waals surface area contributed by atoms with Gasteiger partial charge in [0.1, 0.15) is 5.41 Å². The molecule has 0 aromatic carbocycles. The van der Waals surface area contributed by atoms with Crippen molar-refractivity contribution in [2.45, 2.75) is 78.1 Å². The van der Waals surface area contributed by atoms with Gasteiger partial charge in [-0.3, -0.25) is 4.79 Å². The standard InChI is InChI=1S/C18H30N2O/c1-3-7-18(15-19,8-4-2)16(21)20-13-11-17(12-14-20)9-5-6-10-17/h3-14H2,1-2H3. The summed E-state index contributed by atoms with van der Waals surface area (Å²) in [5, 5.41) is 9.65. The van der Waals surface area contributed by atoms with Crippen molar-refractivity contribution >= 4 is 5.91 Å². The van der Waals surface area contributed by atoms with E-state index in [-0.39, 0.29) is 5.91 Å². The molecule has 0 bridgehead atoms. The Morgan fingerprint density at radius 1 is 1.10 bits per heavy atom. The van der Waals surface area contributed by atoms with E-state index in [1.807, 2.05) is 4.90 Å². The highest BCUT2D eigenvalue weighted by Gasteiger charge is 2.44. The van der Waals surface area contributed by atoms with Crippen molar-refractivity contribution in [3.63, 3.8) is 0 Å². The fourth-order valence-electron chi connectivity index (χ4n) is 4.46. The molecule has 2 fully saturated rings. The number of nitrogens with zero attached hydrogens (tertiary/aromatic N) is 2. The molecule has 0 unspecified atom stereocenters. The van der Waals surface area contributed by atoms with Gasteiger partial charge in [-0.15, -0.1) is 0 Å². The summed E-state index contributed by atoms with van der Waals surface area (Å²) < 4.78 is 0. The molecule has 1 heterocycles. The molecule has 3 heteroatoms. The first-order chi connectivity index (χ1) is 10.1. The largest absolute Gasteiger partial charge is 0.341 e. The molecule has 0 aromatic rings. The maximum Gasteiger partial charge on any atom is 0.243 e. The Kier molecular flexibility index (Phi) is 5.30. The summed E-state index contributed by atoms with van der Waals surface area (Å²) in [5.41, 5.74) is -0.231. The van der Waals surface area contributed by atoms with Crippen LogP contribution in [-0.2, 0) is 4.79 Å². The third kappa shape index (κ3) is 3.25. The number of hydrogen-bond donors (Lipinski definition) is 0. The zero-order valence-electron chi connectivity index (χ0n) is 13.8. The van der Waals surface area contributed by atoms with Crippen molar-refractivity contribution in [2.24, 2.45) is 10.8 Å². The maximum absolute atomic E-state index is 12.9. The van der Waals surface area contributed by atoms with Gasteiger partial charge in [-0.05, 0) is 43.9 Å². The number of carbonyl (C=O) groups is 1. The molecular formula is C18H30N2O. The van der Waals surface area contributed by atoms with Crippen molar-refractivity contribution in [3.8, 4) is 6.07 Å². The van der Waals surface area contributed by atoms with Gasteiger partial charge in [-0.1, -0.05) is 39.5 Å². The minimum Gasteiger partial charge on any atom is -0.341 e. The predicted molar refractivity (Wildman–Crippen MR) is 84.6 cm³/mol. The monoisotopic (exact) mass is 290 g/mol. The first kappa shape index (κ1) is 16.3. The number of nitriles is 1. The van der Waals surface area contributed by atoms with Crippen LogP contribution in [0.3, 0.4) is 0 Å². The first-order valence-corrected chi connectivity index (χ1v) is 8.82. The zero-order valence-corrected chi connectivity index (χ0v) is 13.8. The topological polar surface area (TPSA) is 44.1 Å². The molecule has 0 aromatic heterocycles. The van der Waals surface area contributed by atoms with E-state index in [1.54, 1.807) is 0 Å². The van der Waals surface area contributed by atoms with Gasteiger partial charge < -0.3 is 4.90 Å². The molecule has 1 aliphatic carbocycles. The van der Waals surface area contributed by atoms with E-state index >= 15 is 0 Å². The van der Waals surface area contributed by atoms with Gasteiger partial charge in [0.2, 0.25) is 5.91 Å². The van der Waals surface area contributed by atoms with Gasteiger partial charge >= 0.3 is 0 Å². The number of amides is 1. The minimum absolute atomic E-state index is 0.113. The average Bonchev–Trinajstić information content (AvgIpc) is 2.95. The van der Waals surface area contributed by atoms with Gasteiger partial charge in [0.05, 0.1) is 6.07 Å². The van der Waals surface area contributed by atoms with Gasteiger partial charge in [0.15, 0.2) is 0 Å². The number of rotatable bonds is 5. The zero-order chi connectivity index (χ0) is 15.3. The third-order valence-electron chi connectivity index (χ3n) is 5.75. The Hall–Kier alpha value is -1.04. The highest BCUT2D eigenvalue weighted by atomic mass is 16.2. The minimum atomic E-state index is -0.760. The van der Waals surface area contributed by atoms with E-state index < -0.39 is 5.41 Å². The summed E-state index contributed by atoms with van der Waals surface area (Å²) in [6, 6.07) is 2.38. The van der Waals surface area contributed by atoms with Gasteiger partial charge in [0.25, 0.3) is 0 Å². The van der Waals surface area contributed by atoms with Crippen molar-refractivity contribution in [3.05, 3.63) is 0 Å². The number of likely N-dealkylation sites (tertiary alicyclic amines) is 1. The third-order valence-corrected chi connectivity index (χ3v) is 5.75. The van der Waals surface area contributed by atoms with Gasteiger partial charge in [0, 0.05) is 13.1 Å². The van der Waals surface area contributed by atoms with Crippen LogP contribution >= 0.6 is 0 Å². The van der Waals surface area contributed by atoms with Crippen LogP contribution in [0.1, 0.15) is 78.1 Å². The van der Waals surface area contributed by atoms with Crippen molar-refractivity contribution < 1.29 is 4.79 Å². The first-order valence-electron chi connectivity index (χ1n) is 8.82. The van der Waals surface area contributed by atoms with Crippen LogP contribution in [-0.4, -0.2) is 23.9 Å². The molecule has 1 spiro atoms. The summed E-state index contributed by atoms with van der Waals surface area (Å²) in [4.78, 5) is 14.9. The van der Waals surface area contributed by atoms with Crippen LogP contribution in [0.4, 0.5) is 0 Å². The van der Waals surface area contributed by atoms with Crippen LogP contribution in [0, 0.1) is 22.2 Å². The smallest absolute Gasteiger partial charge is 0.243 e. The molecule has 118 valence electrons. The summed E-state index contributed by atoms with van der Waals surface area (Å²) in [6.45, 7) is 5.88. The summed E-state index contributed by atoms with van der Waals surface area (Å²) in [7, 11) is 0. The predicted octanol–water partition coefficient (Wildman–Crippen LogP) is 4.28. The molecular weight excluding hydrogens is 260 g/mol. The summed E-state index contributed by atoms with van der Waals surface area (Å²) in [5.74, 6) is 0.113. The maximum atomic E-state index is 12.9. The molecule has 1 saturated heterocycles. The molecule has 2 aliphatic rings. The Labute approximate surface area is 129 Å². The molecule has 1 saturated carbocycles. The van der Waals surface area contributed by atoms with E-state index in [0.717, 1.165) is 38.8 Å². The SMILES string of the molecule is CCCC(C#N)(CCC)C(=O)N1CCC2(CCCC2)CC1. The molecule has 0 N–H and O–H groups in total. The van der Waals surface area contributed by atoms with E-state index in [1.165, 1.54) is 25.7 Å². The van der Waals surface area contributed by atoms with E-state index in [0.29, 0.717) is 18.3 Å². The molecule has 0 atom stereocenters. The second-order valence-corrected chi connectivity index (χ2v) is 7.19. The van der Waals surface area contributed by atoms with Crippen molar-refractivity contribution in [1.82, 2.24) is 4.90 Å². The van der Waals surface area contributed by atoms with Crippen LogP contribution in [0.2, 0.25) is 0 Å². The number of hydrogen-bond acceptors (Lipinski definition) is 2. The molecule has 21 heavy (non-hydrogen) atoms. The Morgan fingerprint density at radius 3 is 2.05 bits per heavy atom. The van der Waals surface area contributed by atoms with Crippen LogP contribution < -0.4 is 0 Å². The fourth-order valence-corrected chi connectivity index (χ4v) is 4.46. The molecule has 2 rings (SSSR count). The number of piperidine rings is 1. The lowest BCUT2D eigenvalue weighted by molar-refractivity contribution is -0.142. The second kappa shape index (κ2) is 6.81. The average molecular weight is 290 g/mol. The molecule has 0 radical (unpaired) electrons. The Morgan fingerprint density at radius 2 is 1.62 bits per heavy atom. The lowest BCUT2D eigenvalue weighted by Gasteiger charge is -2.42. The van der Waals surface area contributed by atoms with Gasteiger partial charge in [-0.2, -0.15) is 5.26 Å². The second-order valence-electron chi connectivity index (χ2n) is 7.19. The van der Waals surface area contributed by atoms with E-state index in [2.05, 4.69) is 19.9 Å². The Balaban J connectivity index is 2.03. The highest BCUT2D eigenvalue weighted by Crippen LogP contribution is 2.46. The normalized spacial score (nSPS) is 21.5.